The molecule has 1 aliphatic rings. The largest absolute Gasteiger partial charge is 0.480 e. The second-order valence-corrected chi connectivity index (χ2v) is 6.79. The summed E-state index contributed by atoms with van der Waals surface area (Å²) in [5.41, 5.74) is 0.117. The van der Waals surface area contributed by atoms with Crippen molar-refractivity contribution in [1.82, 2.24) is 10.6 Å². The van der Waals surface area contributed by atoms with Crippen LogP contribution < -0.4 is 10.6 Å². The molecule has 1 aliphatic heterocycles. The summed E-state index contributed by atoms with van der Waals surface area (Å²) < 4.78 is 0. The Morgan fingerprint density at radius 2 is 1.78 bits per heavy atom. The van der Waals surface area contributed by atoms with Crippen LogP contribution in [-0.2, 0) is 16.1 Å². The number of hydrogen-bond acceptors (Lipinski definition) is 4. The van der Waals surface area contributed by atoms with Gasteiger partial charge in [0.1, 0.15) is 5.54 Å². The SMILES string of the molecule is CC(=O)NCc1ccc(C(=O)NC2(C(=O)O)CCSCC2)cc1. The van der Waals surface area contributed by atoms with Crippen LogP contribution in [0.1, 0.15) is 35.7 Å². The summed E-state index contributed by atoms with van der Waals surface area (Å²) in [6, 6.07) is 6.77. The molecule has 1 saturated heterocycles. The minimum atomic E-state index is -1.17. The van der Waals surface area contributed by atoms with E-state index in [1.165, 1.54) is 6.92 Å². The first-order valence-electron chi connectivity index (χ1n) is 7.40. The Balaban J connectivity index is 2.04. The molecule has 1 aromatic rings. The van der Waals surface area contributed by atoms with Crippen LogP contribution in [0, 0.1) is 0 Å². The highest BCUT2D eigenvalue weighted by molar-refractivity contribution is 7.99. The third-order valence-electron chi connectivity index (χ3n) is 3.87. The Morgan fingerprint density at radius 1 is 1.17 bits per heavy atom. The molecule has 124 valence electrons. The lowest BCUT2D eigenvalue weighted by Crippen LogP contribution is -2.56. The number of benzene rings is 1. The molecule has 2 amide bonds. The van der Waals surface area contributed by atoms with E-state index in [1.54, 1.807) is 36.0 Å². The molecule has 0 aliphatic carbocycles. The average molecular weight is 336 g/mol. The van der Waals surface area contributed by atoms with Gasteiger partial charge in [-0.1, -0.05) is 12.1 Å². The van der Waals surface area contributed by atoms with Crippen LogP contribution in [0.4, 0.5) is 0 Å². The van der Waals surface area contributed by atoms with Crippen LogP contribution >= 0.6 is 11.8 Å². The second kappa shape index (κ2) is 7.50. The fourth-order valence-electron chi connectivity index (χ4n) is 2.40. The first-order valence-corrected chi connectivity index (χ1v) is 8.55. The maximum atomic E-state index is 12.3. The molecule has 7 heteroatoms. The Bertz CT molecular complexity index is 595. The topological polar surface area (TPSA) is 95.5 Å². The molecule has 0 spiro atoms. The number of amides is 2. The van der Waals surface area contributed by atoms with E-state index < -0.39 is 11.5 Å². The van der Waals surface area contributed by atoms with Crippen LogP contribution in [0.5, 0.6) is 0 Å². The van der Waals surface area contributed by atoms with Gasteiger partial charge in [0.05, 0.1) is 0 Å². The average Bonchev–Trinajstić information content (AvgIpc) is 2.54. The normalized spacial score (nSPS) is 16.4. The third-order valence-corrected chi connectivity index (χ3v) is 4.85. The monoisotopic (exact) mass is 336 g/mol. The Labute approximate surface area is 139 Å². The van der Waals surface area contributed by atoms with E-state index >= 15 is 0 Å². The molecule has 2 rings (SSSR count). The van der Waals surface area contributed by atoms with Crippen LogP contribution in [-0.4, -0.2) is 39.9 Å². The standard InChI is InChI=1S/C16H20N2O4S/c1-11(19)17-10-12-2-4-13(5-3-12)14(20)18-16(15(21)22)6-8-23-9-7-16/h2-5H,6-10H2,1H3,(H,17,19)(H,18,20)(H,21,22). The zero-order valence-corrected chi connectivity index (χ0v) is 13.7. The van der Waals surface area contributed by atoms with Crippen molar-refractivity contribution >= 4 is 29.5 Å². The van der Waals surface area contributed by atoms with Gasteiger partial charge in [0.25, 0.3) is 5.91 Å². The summed E-state index contributed by atoms with van der Waals surface area (Å²) in [7, 11) is 0. The van der Waals surface area contributed by atoms with Gasteiger partial charge in [-0.15, -0.1) is 0 Å². The van der Waals surface area contributed by atoms with Gasteiger partial charge in [-0.3, -0.25) is 9.59 Å². The predicted molar refractivity (Wildman–Crippen MR) is 88.4 cm³/mol. The van der Waals surface area contributed by atoms with E-state index in [-0.39, 0.29) is 11.8 Å². The van der Waals surface area contributed by atoms with Crippen molar-refractivity contribution in [2.75, 3.05) is 11.5 Å². The molecule has 0 saturated carbocycles. The van der Waals surface area contributed by atoms with Crippen molar-refractivity contribution in [3.05, 3.63) is 35.4 Å². The van der Waals surface area contributed by atoms with Crippen LogP contribution in [0.3, 0.4) is 0 Å². The van der Waals surface area contributed by atoms with Crippen molar-refractivity contribution in [1.29, 1.82) is 0 Å². The minimum absolute atomic E-state index is 0.120. The number of aliphatic carboxylic acids is 1. The zero-order valence-electron chi connectivity index (χ0n) is 12.9. The van der Waals surface area contributed by atoms with E-state index in [0.717, 1.165) is 17.1 Å². The number of carbonyl (C=O) groups excluding carboxylic acids is 2. The highest BCUT2D eigenvalue weighted by atomic mass is 32.2. The first-order chi connectivity index (χ1) is 10.9. The summed E-state index contributed by atoms with van der Waals surface area (Å²) >= 11 is 1.70. The molecule has 0 radical (unpaired) electrons. The molecular weight excluding hydrogens is 316 g/mol. The smallest absolute Gasteiger partial charge is 0.329 e. The second-order valence-electron chi connectivity index (χ2n) is 5.56. The zero-order chi connectivity index (χ0) is 16.9. The number of hydrogen-bond donors (Lipinski definition) is 3. The van der Waals surface area contributed by atoms with E-state index in [9.17, 15) is 19.5 Å². The first kappa shape index (κ1) is 17.3. The quantitative estimate of drug-likeness (QED) is 0.755. The lowest BCUT2D eigenvalue weighted by molar-refractivity contribution is -0.144. The minimum Gasteiger partial charge on any atom is -0.480 e. The third kappa shape index (κ3) is 4.48. The van der Waals surface area contributed by atoms with Gasteiger partial charge in [-0.05, 0) is 42.0 Å². The molecule has 1 heterocycles. The number of carboxylic acids is 1. The lowest BCUT2D eigenvalue weighted by atomic mass is 9.91. The van der Waals surface area contributed by atoms with Gasteiger partial charge in [-0.25, -0.2) is 4.79 Å². The predicted octanol–water partition coefficient (Wildman–Crippen LogP) is 1.40. The van der Waals surface area contributed by atoms with E-state index in [4.69, 9.17) is 0 Å². The van der Waals surface area contributed by atoms with Gasteiger partial charge in [0.2, 0.25) is 5.91 Å². The van der Waals surface area contributed by atoms with Gasteiger partial charge >= 0.3 is 5.97 Å². The molecule has 0 aromatic heterocycles. The van der Waals surface area contributed by atoms with Gasteiger partial charge in [0.15, 0.2) is 0 Å². The van der Waals surface area contributed by atoms with Crippen LogP contribution in [0.15, 0.2) is 24.3 Å². The molecule has 1 aromatic carbocycles. The number of rotatable bonds is 5. The van der Waals surface area contributed by atoms with E-state index in [1.807, 2.05) is 0 Å². The Hall–Kier alpha value is -2.02. The fraction of sp³-hybridized carbons (Fsp3) is 0.438. The lowest BCUT2D eigenvalue weighted by Gasteiger charge is -2.33. The molecular formula is C16H20N2O4S. The summed E-state index contributed by atoms with van der Waals surface area (Å²) in [5, 5.41) is 14.9. The maximum absolute atomic E-state index is 12.3. The van der Waals surface area contributed by atoms with E-state index in [2.05, 4.69) is 10.6 Å². The van der Waals surface area contributed by atoms with Crippen molar-refractivity contribution < 1.29 is 19.5 Å². The highest BCUT2D eigenvalue weighted by Gasteiger charge is 2.41. The van der Waals surface area contributed by atoms with Crippen molar-refractivity contribution in [3.63, 3.8) is 0 Å². The molecule has 23 heavy (non-hydrogen) atoms. The number of thioether (sulfide) groups is 1. The molecule has 0 unspecified atom stereocenters. The summed E-state index contributed by atoms with van der Waals surface area (Å²) in [6.07, 6.45) is 0.860. The Morgan fingerprint density at radius 3 is 2.30 bits per heavy atom. The summed E-state index contributed by atoms with van der Waals surface area (Å²) in [6.45, 7) is 1.84. The maximum Gasteiger partial charge on any atom is 0.329 e. The van der Waals surface area contributed by atoms with Gasteiger partial charge < -0.3 is 15.7 Å². The van der Waals surface area contributed by atoms with Crippen LogP contribution in [0.2, 0.25) is 0 Å². The summed E-state index contributed by atoms with van der Waals surface area (Å²) in [5.74, 6) is -0.0334. The Kier molecular flexibility index (Phi) is 5.65. The fourth-order valence-corrected chi connectivity index (χ4v) is 3.59. The number of nitrogens with one attached hydrogen (secondary N) is 2. The molecule has 6 nitrogen and oxygen atoms in total. The molecule has 0 atom stereocenters. The molecule has 3 N–H and O–H groups in total. The molecule has 0 bridgehead atoms. The van der Waals surface area contributed by atoms with Crippen molar-refractivity contribution in [3.8, 4) is 0 Å². The van der Waals surface area contributed by atoms with Crippen LogP contribution in [0.25, 0.3) is 0 Å². The van der Waals surface area contributed by atoms with E-state index in [0.29, 0.717) is 24.9 Å². The van der Waals surface area contributed by atoms with Gasteiger partial charge in [-0.2, -0.15) is 11.8 Å². The number of carbonyl (C=O) groups is 3. The van der Waals surface area contributed by atoms with Crippen molar-refractivity contribution in [2.24, 2.45) is 0 Å². The highest BCUT2D eigenvalue weighted by Crippen LogP contribution is 2.27. The van der Waals surface area contributed by atoms with Gasteiger partial charge in [0, 0.05) is 19.0 Å². The summed E-state index contributed by atoms with van der Waals surface area (Å²) in [4.78, 5) is 34.8. The van der Waals surface area contributed by atoms with Crippen molar-refractivity contribution in [2.45, 2.75) is 31.8 Å². The molecule has 1 fully saturated rings. The number of carboxylic acid groups (broad SMARTS) is 1.